The first-order valence-electron chi connectivity index (χ1n) is 5.01. The highest BCUT2D eigenvalue weighted by Crippen LogP contribution is 2.54. The smallest absolute Gasteiger partial charge is 0.0438 e. The average Bonchev–Trinajstić information content (AvgIpc) is 2.90. The van der Waals surface area contributed by atoms with E-state index in [1.54, 1.807) is 0 Å². The molecule has 2 heteroatoms. The van der Waals surface area contributed by atoms with Crippen LogP contribution in [0.15, 0.2) is 24.3 Å². The minimum atomic E-state index is 0.477. The van der Waals surface area contributed by atoms with Gasteiger partial charge in [-0.3, -0.25) is 0 Å². The zero-order chi connectivity index (χ0) is 10.2. The van der Waals surface area contributed by atoms with Crippen molar-refractivity contribution in [3.8, 4) is 0 Å². The Kier molecular flexibility index (Phi) is 2.90. The quantitative estimate of drug-likeness (QED) is 0.714. The Labute approximate surface area is 98.8 Å². The number of halogens is 2. The molecule has 14 heavy (non-hydrogen) atoms. The Morgan fingerprint density at radius 2 is 2.07 bits per heavy atom. The van der Waals surface area contributed by atoms with E-state index in [-0.39, 0.29) is 0 Å². The number of benzene rings is 1. The van der Waals surface area contributed by atoms with Gasteiger partial charge in [0, 0.05) is 9.85 Å². The largest absolute Gasteiger partial charge is 0.0888 e. The van der Waals surface area contributed by atoms with Crippen molar-refractivity contribution in [3.05, 3.63) is 34.9 Å². The standard InChI is InChI=1S/C12H14BrCl/c1-9(13)12(6-7-12)8-10-4-2-3-5-11(10)14/h2-5,9H,6-8H2,1H3. The van der Waals surface area contributed by atoms with Gasteiger partial charge in [-0.2, -0.15) is 0 Å². The second-order valence-corrected chi connectivity index (χ2v) is 6.03. The molecular formula is C12H14BrCl. The van der Waals surface area contributed by atoms with E-state index in [0.29, 0.717) is 10.2 Å². The zero-order valence-electron chi connectivity index (χ0n) is 8.26. The van der Waals surface area contributed by atoms with Crippen LogP contribution in [0.3, 0.4) is 0 Å². The SMILES string of the molecule is CC(Br)C1(Cc2ccccc2Cl)CC1. The summed E-state index contributed by atoms with van der Waals surface area (Å²) >= 11 is 9.84. The summed E-state index contributed by atoms with van der Waals surface area (Å²) in [5.41, 5.74) is 1.77. The van der Waals surface area contributed by atoms with Crippen molar-refractivity contribution in [3.63, 3.8) is 0 Å². The monoisotopic (exact) mass is 272 g/mol. The molecule has 0 aliphatic heterocycles. The predicted octanol–water partition coefficient (Wildman–Crippen LogP) is 4.45. The summed E-state index contributed by atoms with van der Waals surface area (Å²) in [5, 5.41) is 0.909. The second kappa shape index (κ2) is 3.86. The molecule has 0 nitrogen and oxygen atoms in total. The highest BCUT2D eigenvalue weighted by molar-refractivity contribution is 9.09. The summed E-state index contributed by atoms with van der Waals surface area (Å²) in [4.78, 5) is 0.589. The molecule has 0 spiro atoms. The molecule has 1 unspecified atom stereocenters. The van der Waals surface area contributed by atoms with E-state index in [0.717, 1.165) is 11.4 Å². The molecule has 1 aliphatic carbocycles. The summed E-state index contributed by atoms with van der Waals surface area (Å²) in [7, 11) is 0. The molecule has 2 rings (SSSR count). The molecule has 0 N–H and O–H groups in total. The van der Waals surface area contributed by atoms with Crippen LogP contribution in [-0.2, 0) is 6.42 Å². The van der Waals surface area contributed by atoms with E-state index in [9.17, 15) is 0 Å². The van der Waals surface area contributed by atoms with Crippen LogP contribution in [0.5, 0.6) is 0 Å². The van der Waals surface area contributed by atoms with Gasteiger partial charge >= 0.3 is 0 Å². The van der Waals surface area contributed by atoms with Crippen molar-refractivity contribution >= 4 is 27.5 Å². The van der Waals surface area contributed by atoms with Gasteiger partial charge in [0.15, 0.2) is 0 Å². The van der Waals surface area contributed by atoms with E-state index in [4.69, 9.17) is 11.6 Å². The van der Waals surface area contributed by atoms with Gasteiger partial charge in [0.2, 0.25) is 0 Å². The fourth-order valence-corrected chi connectivity index (χ4v) is 2.72. The summed E-state index contributed by atoms with van der Waals surface area (Å²) in [6, 6.07) is 8.17. The maximum Gasteiger partial charge on any atom is 0.0438 e. The molecule has 0 saturated heterocycles. The zero-order valence-corrected chi connectivity index (χ0v) is 10.6. The molecule has 0 bridgehead atoms. The number of hydrogen-bond acceptors (Lipinski definition) is 0. The lowest BCUT2D eigenvalue weighted by Gasteiger charge is -2.18. The van der Waals surface area contributed by atoms with Gasteiger partial charge < -0.3 is 0 Å². The van der Waals surface area contributed by atoms with Gasteiger partial charge in [0.1, 0.15) is 0 Å². The fourth-order valence-electron chi connectivity index (χ4n) is 1.90. The topological polar surface area (TPSA) is 0 Å². The molecule has 1 fully saturated rings. The molecule has 1 aliphatic rings. The van der Waals surface area contributed by atoms with Gasteiger partial charge in [-0.15, -0.1) is 0 Å². The Bertz CT molecular complexity index is 329. The van der Waals surface area contributed by atoms with E-state index >= 15 is 0 Å². The summed E-state index contributed by atoms with van der Waals surface area (Å²) < 4.78 is 0. The van der Waals surface area contributed by atoms with E-state index in [1.165, 1.54) is 18.4 Å². The third kappa shape index (κ3) is 1.99. The summed E-state index contributed by atoms with van der Waals surface area (Å²) in [6.45, 7) is 2.24. The first-order chi connectivity index (χ1) is 6.64. The number of rotatable bonds is 3. The van der Waals surface area contributed by atoms with E-state index in [1.807, 2.05) is 12.1 Å². The van der Waals surface area contributed by atoms with Gasteiger partial charge in [0.05, 0.1) is 0 Å². The Balaban J connectivity index is 2.15. The molecule has 0 heterocycles. The lowest BCUT2D eigenvalue weighted by Crippen LogP contribution is -2.15. The van der Waals surface area contributed by atoms with Gasteiger partial charge in [-0.25, -0.2) is 0 Å². The van der Waals surface area contributed by atoms with Crippen molar-refractivity contribution in [1.82, 2.24) is 0 Å². The van der Waals surface area contributed by atoms with Crippen LogP contribution in [0.4, 0.5) is 0 Å². The first-order valence-corrected chi connectivity index (χ1v) is 6.31. The first kappa shape index (κ1) is 10.5. The molecule has 0 aromatic heterocycles. The van der Waals surface area contributed by atoms with Crippen LogP contribution in [-0.4, -0.2) is 4.83 Å². The van der Waals surface area contributed by atoms with Crippen molar-refractivity contribution < 1.29 is 0 Å². The van der Waals surface area contributed by atoms with Crippen LogP contribution in [0.25, 0.3) is 0 Å². The van der Waals surface area contributed by atoms with E-state index < -0.39 is 0 Å². The predicted molar refractivity (Wildman–Crippen MR) is 65.2 cm³/mol. The molecular weight excluding hydrogens is 259 g/mol. The highest BCUT2D eigenvalue weighted by Gasteiger charge is 2.46. The maximum atomic E-state index is 6.15. The van der Waals surface area contributed by atoms with Crippen LogP contribution < -0.4 is 0 Å². The third-order valence-electron chi connectivity index (χ3n) is 3.24. The van der Waals surface area contributed by atoms with Gasteiger partial charge in [0.25, 0.3) is 0 Å². The molecule has 1 atom stereocenters. The molecule has 1 saturated carbocycles. The van der Waals surface area contributed by atoms with Gasteiger partial charge in [-0.05, 0) is 36.3 Å². The normalized spacial score (nSPS) is 20.5. The summed E-state index contributed by atoms with van der Waals surface area (Å²) in [5.74, 6) is 0. The van der Waals surface area contributed by atoms with Crippen LogP contribution in [0.2, 0.25) is 5.02 Å². The van der Waals surface area contributed by atoms with E-state index in [2.05, 4.69) is 35.0 Å². The maximum absolute atomic E-state index is 6.15. The lowest BCUT2D eigenvalue weighted by atomic mass is 9.94. The van der Waals surface area contributed by atoms with Crippen LogP contribution in [0.1, 0.15) is 25.3 Å². The highest BCUT2D eigenvalue weighted by atomic mass is 79.9. The van der Waals surface area contributed by atoms with Crippen LogP contribution in [0, 0.1) is 5.41 Å². The average molecular weight is 274 g/mol. The number of alkyl halides is 1. The molecule has 0 radical (unpaired) electrons. The Morgan fingerprint density at radius 1 is 1.43 bits per heavy atom. The third-order valence-corrected chi connectivity index (χ3v) is 4.58. The van der Waals surface area contributed by atoms with Crippen molar-refractivity contribution in [2.24, 2.45) is 5.41 Å². The minimum absolute atomic E-state index is 0.477. The molecule has 1 aromatic rings. The fraction of sp³-hybridized carbons (Fsp3) is 0.500. The summed E-state index contributed by atoms with van der Waals surface area (Å²) in [6.07, 6.45) is 3.76. The molecule has 0 amide bonds. The molecule has 1 aromatic carbocycles. The van der Waals surface area contributed by atoms with Crippen molar-refractivity contribution in [2.45, 2.75) is 31.0 Å². The van der Waals surface area contributed by atoms with Crippen LogP contribution >= 0.6 is 27.5 Å². The van der Waals surface area contributed by atoms with Crippen molar-refractivity contribution in [2.75, 3.05) is 0 Å². The Hall–Kier alpha value is -0.0100. The second-order valence-electron chi connectivity index (χ2n) is 4.25. The Morgan fingerprint density at radius 3 is 2.57 bits per heavy atom. The minimum Gasteiger partial charge on any atom is -0.0888 e. The van der Waals surface area contributed by atoms with Crippen molar-refractivity contribution in [1.29, 1.82) is 0 Å². The number of hydrogen-bond donors (Lipinski definition) is 0. The van der Waals surface area contributed by atoms with Gasteiger partial charge in [-0.1, -0.05) is 52.7 Å². The lowest BCUT2D eigenvalue weighted by molar-refractivity contribution is 0.509. The molecule has 76 valence electrons.